The molecule has 0 bridgehead atoms. The maximum absolute atomic E-state index is 12.7. The highest BCUT2D eigenvalue weighted by molar-refractivity contribution is 6.02. The van der Waals surface area contributed by atoms with Crippen LogP contribution in [0.2, 0.25) is 0 Å². The summed E-state index contributed by atoms with van der Waals surface area (Å²) in [5.41, 5.74) is 5.65. The molecule has 5 aromatic rings. The molecule has 30 heavy (non-hydrogen) atoms. The summed E-state index contributed by atoms with van der Waals surface area (Å²) in [6, 6.07) is 21.7. The fourth-order valence-electron chi connectivity index (χ4n) is 3.91. The van der Waals surface area contributed by atoms with Crippen LogP contribution >= 0.6 is 0 Å². The van der Waals surface area contributed by atoms with Crippen LogP contribution in [0.3, 0.4) is 0 Å². The first-order valence-corrected chi connectivity index (χ1v) is 9.80. The van der Waals surface area contributed by atoms with Gasteiger partial charge in [0.2, 0.25) is 0 Å². The zero-order chi connectivity index (χ0) is 20.7. The molecule has 0 atom stereocenters. The zero-order valence-corrected chi connectivity index (χ0v) is 16.8. The second-order valence-corrected chi connectivity index (χ2v) is 7.38. The van der Waals surface area contributed by atoms with Crippen LogP contribution in [0.15, 0.2) is 86.6 Å². The van der Waals surface area contributed by atoms with Gasteiger partial charge in [-0.05, 0) is 41.8 Å². The highest BCUT2D eigenvalue weighted by atomic mass is 16.5. The minimum absolute atomic E-state index is 0.301. The molecule has 2 aromatic heterocycles. The van der Waals surface area contributed by atoms with E-state index in [1.807, 2.05) is 61.5 Å². The minimum atomic E-state index is -0.301. The first kappa shape index (κ1) is 18.3. The smallest absolute Gasteiger partial charge is 0.340 e. The highest BCUT2D eigenvalue weighted by Gasteiger charge is 2.16. The predicted octanol–water partition coefficient (Wildman–Crippen LogP) is 6.11. The van der Waals surface area contributed by atoms with Crippen LogP contribution in [0.4, 0.5) is 0 Å². The van der Waals surface area contributed by atoms with Crippen molar-refractivity contribution >= 4 is 21.9 Å². The molecule has 0 spiro atoms. The van der Waals surface area contributed by atoms with E-state index in [1.165, 1.54) is 0 Å². The van der Waals surface area contributed by atoms with Gasteiger partial charge in [0.1, 0.15) is 16.9 Å². The highest BCUT2D eigenvalue weighted by Crippen LogP contribution is 2.35. The Morgan fingerprint density at radius 2 is 1.67 bits per heavy atom. The van der Waals surface area contributed by atoms with Crippen molar-refractivity contribution in [2.45, 2.75) is 13.3 Å². The lowest BCUT2D eigenvalue weighted by molar-refractivity contribution is 0.415. The van der Waals surface area contributed by atoms with Gasteiger partial charge in [0, 0.05) is 34.4 Å². The fourth-order valence-corrected chi connectivity index (χ4v) is 3.91. The maximum Gasteiger partial charge on any atom is 0.340 e. The van der Waals surface area contributed by atoms with Crippen LogP contribution in [0.25, 0.3) is 33.1 Å². The van der Waals surface area contributed by atoms with Gasteiger partial charge in [-0.1, -0.05) is 42.5 Å². The summed E-state index contributed by atoms with van der Waals surface area (Å²) in [7, 11) is 1.65. The van der Waals surface area contributed by atoms with Crippen molar-refractivity contribution in [3.8, 4) is 16.9 Å². The van der Waals surface area contributed by atoms with Crippen LogP contribution < -0.4 is 10.4 Å². The minimum Gasteiger partial charge on any atom is -0.497 e. The average molecular weight is 396 g/mol. The summed E-state index contributed by atoms with van der Waals surface area (Å²) in [6.07, 6.45) is 2.28. The molecule has 5 rings (SSSR count). The first-order chi connectivity index (χ1) is 14.6. The molecule has 0 saturated carbocycles. The summed E-state index contributed by atoms with van der Waals surface area (Å²) in [4.78, 5) is 12.7. The molecule has 0 fully saturated rings. The van der Waals surface area contributed by atoms with E-state index in [0.717, 1.165) is 38.8 Å². The molecule has 148 valence electrons. The van der Waals surface area contributed by atoms with Gasteiger partial charge in [-0.15, -0.1) is 0 Å². The van der Waals surface area contributed by atoms with Crippen molar-refractivity contribution in [1.29, 1.82) is 0 Å². The van der Waals surface area contributed by atoms with Gasteiger partial charge < -0.3 is 13.6 Å². The van der Waals surface area contributed by atoms with E-state index in [0.29, 0.717) is 23.2 Å². The third kappa shape index (κ3) is 3.07. The first-order valence-electron chi connectivity index (χ1n) is 9.80. The van der Waals surface area contributed by atoms with E-state index in [-0.39, 0.29) is 5.63 Å². The molecule has 0 radical (unpaired) electrons. The number of fused-ring (bicyclic) bond motifs is 2. The van der Waals surface area contributed by atoms with Gasteiger partial charge in [0.05, 0.1) is 13.4 Å². The standard InChI is InChI=1S/C26H20O4/c1-16-20-13-22-23(18-8-10-19(28-2)11-9-18)15-29-24(22)14-25(20)30-26(27)21(16)12-17-6-4-3-5-7-17/h3-11,13-15H,12H2,1-2H3. The summed E-state index contributed by atoms with van der Waals surface area (Å²) >= 11 is 0. The summed E-state index contributed by atoms with van der Waals surface area (Å²) in [5.74, 6) is 0.806. The predicted molar refractivity (Wildman–Crippen MR) is 118 cm³/mol. The lowest BCUT2D eigenvalue weighted by atomic mass is 9.97. The van der Waals surface area contributed by atoms with Crippen molar-refractivity contribution in [3.63, 3.8) is 0 Å². The summed E-state index contributed by atoms with van der Waals surface area (Å²) in [5, 5.41) is 1.90. The molecule has 0 aliphatic rings. The molecule has 4 heteroatoms. The Morgan fingerprint density at radius 3 is 2.40 bits per heavy atom. The lowest BCUT2D eigenvalue weighted by Gasteiger charge is -2.08. The van der Waals surface area contributed by atoms with Crippen LogP contribution in [-0.4, -0.2) is 7.11 Å². The van der Waals surface area contributed by atoms with Crippen LogP contribution in [0.5, 0.6) is 5.75 Å². The lowest BCUT2D eigenvalue weighted by Crippen LogP contribution is -2.10. The number of benzene rings is 3. The molecule has 0 aliphatic carbocycles. The van der Waals surface area contributed by atoms with Gasteiger partial charge in [0.25, 0.3) is 0 Å². The molecule has 0 aliphatic heterocycles. The van der Waals surface area contributed by atoms with Gasteiger partial charge in [-0.2, -0.15) is 0 Å². The molecule has 0 unspecified atom stereocenters. The van der Waals surface area contributed by atoms with E-state index < -0.39 is 0 Å². The van der Waals surface area contributed by atoms with Crippen LogP contribution in [0.1, 0.15) is 16.7 Å². The summed E-state index contributed by atoms with van der Waals surface area (Å²) < 4.78 is 16.7. The number of furan rings is 1. The van der Waals surface area contributed by atoms with Crippen molar-refractivity contribution in [2.75, 3.05) is 7.11 Å². The number of aryl methyl sites for hydroxylation is 1. The normalized spacial score (nSPS) is 11.3. The number of rotatable bonds is 4. The molecular formula is C26H20O4. The van der Waals surface area contributed by atoms with E-state index in [9.17, 15) is 4.79 Å². The van der Waals surface area contributed by atoms with Gasteiger partial charge in [0.15, 0.2) is 0 Å². The van der Waals surface area contributed by atoms with Gasteiger partial charge in [-0.25, -0.2) is 4.79 Å². The quantitative estimate of drug-likeness (QED) is 0.344. The third-order valence-corrected chi connectivity index (χ3v) is 5.61. The molecule has 4 nitrogen and oxygen atoms in total. The summed E-state index contributed by atoms with van der Waals surface area (Å²) in [6.45, 7) is 1.98. The molecule has 2 heterocycles. The van der Waals surface area contributed by atoms with Crippen LogP contribution in [-0.2, 0) is 6.42 Å². The van der Waals surface area contributed by atoms with Crippen molar-refractivity contribution < 1.29 is 13.6 Å². The zero-order valence-electron chi connectivity index (χ0n) is 16.8. The van der Waals surface area contributed by atoms with E-state index in [4.69, 9.17) is 13.6 Å². The molecule has 0 amide bonds. The van der Waals surface area contributed by atoms with E-state index >= 15 is 0 Å². The molecule has 0 saturated heterocycles. The Bertz CT molecular complexity index is 1410. The Hall–Kier alpha value is -3.79. The molecular weight excluding hydrogens is 376 g/mol. The Labute approximate surface area is 173 Å². The number of ether oxygens (including phenoxy) is 1. The number of methoxy groups -OCH3 is 1. The maximum atomic E-state index is 12.7. The average Bonchev–Trinajstić information content (AvgIpc) is 3.19. The van der Waals surface area contributed by atoms with Crippen LogP contribution in [0, 0.1) is 6.92 Å². The Balaban J connectivity index is 1.67. The van der Waals surface area contributed by atoms with E-state index in [1.54, 1.807) is 19.4 Å². The monoisotopic (exact) mass is 396 g/mol. The SMILES string of the molecule is COc1ccc(-c2coc3cc4oc(=O)c(Cc5ccccc5)c(C)c4cc23)cc1. The molecule has 3 aromatic carbocycles. The fraction of sp³-hybridized carbons (Fsp3) is 0.115. The number of hydrogen-bond donors (Lipinski definition) is 0. The Morgan fingerprint density at radius 1 is 0.900 bits per heavy atom. The van der Waals surface area contributed by atoms with Crippen molar-refractivity contribution in [3.05, 3.63) is 100 Å². The van der Waals surface area contributed by atoms with Gasteiger partial charge in [-0.3, -0.25) is 0 Å². The number of hydrogen-bond acceptors (Lipinski definition) is 4. The van der Waals surface area contributed by atoms with Crippen molar-refractivity contribution in [1.82, 2.24) is 0 Å². The van der Waals surface area contributed by atoms with E-state index in [2.05, 4.69) is 6.07 Å². The van der Waals surface area contributed by atoms with Gasteiger partial charge >= 0.3 is 5.63 Å². The second kappa shape index (κ2) is 7.23. The topological polar surface area (TPSA) is 52.6 Å². The van der Waals surface area contributed by atoms with Crippen molar-refractivity contribution in [2.24, 2.45) is 0 Å². The second-order valence-electron chi connectivity index (χ2n) is 7.38. The molecule has 0 N–H and O–H groups in total. The Kier molecular flexibility index (Phi) is 4.40. The third-order valence-electron chi connectivity index (χ3n) is 5.61. The largest absolute Gasteiger partial charge is 0.497 e.